The van der Waals surface area contributed by atoms with E-state index in [9.17, 15) is 14.9 Å². The molecule has 0 amide bonds. The maximum atomic E-state index is 11.7. The summed E-state index contributed by atoms with van der Waals surface area (Å²) < 4.78 is 0. The molecule has 0 saturated heterocycles. The monoisotopic (exact) mass is 269 g/mol. The van der Waals surface area contributed by atoms with E-state index in [4.69, 9.17) is 11.6 Å². The second-order valence-corrected chi connectivity index (χ2v) is 4.66. The number of nitro groups is 1. The van der Waals surface area contributed by atoms with E-state index in [1.807, 2.05) is 6.92 Å². The number of halogens is 1. The Labute approximate surface area is 111 Å². The average Bonchev–Trinajstić information content (AvgIpc) is 2.31. The van der Waals surface area contributed by atoms with Crippen LogP contribution in [-0.4, -0.2) is 10.7 Å². The molecule has 0 bridgehead atoms. The van der Waals surface area contributed by atoms with Gasteiger partial charge >= 0.3 is 0 Å². The molecule has 0 saturated carbocycles. The van der Waals surface area contributed by atoms with Crippen molar-refractivity contribution in [1.82, 2.24) is 0 Å². The Kier molecular flexibility index (Phi) is 5.28. The number of nitrogens with zero attached hydrogens (tertiary/aromatic N) is 1. The number of hydrogen-bond acceptors (Lipinski definition) is 3. The first-order valence-electron chi connectivity index (χ1n) is 5.91. The van der Waals surface area contributed by atoms with Gasteiger partial charge in [0.15, 0.2) is 0 Å². The molecular formula is C13H16ClNO3. The molecule has 0 spiro atoms. The van der Waals surface area contributed by atoms with E-state index in [0.717, 1.165) is 12.8 Å². The molecule has 98 valence electrons. The number of unbranched alkanes of at least 4 members (excludes halogenated alkanes) is 1. The molecule has 0 aliphatic heterocycles. The number of carbonyl (C=O) groups is 1. The smallest absolute Gasteiger partial charge is 0.277 e. The normalized spacial score (nSPS) is 10.4. The van der Waals surface area contributed by atoms with Gasteiger partial charge in [0.25, 0.3) is 5.69 Å². The zero-order valence-corrected chi connectivity index (χ0v) is 11.3. The molecule has 0 aliphatic rings. The number of ketones is 1. The second kappa shape index (κ2) is 6.50. The fourth-order valence-electron chi connectivity index (χ4n) is 1.80. The van der Waals surface area contributed by atoms with Crippen LogP contribution in [0.5, 0.6) is 0 Å². The zero-order chi connectivity index (χ0) is 13.7. The minimum Gasteiger partial charge on any atom is -0.299 e. The molecule has 0 unspecified atom stereocenters. The van der Waals surface area contributed by atoms with Crippen LogP contribution in [-0.2, 0) is 11.2 Å². The van der Waals surface area contributed by atoms with Crippen LogP contribution in [0.15, 0.2) is 12.1 Å². The van der Waals surface area contributed by atoms with Gasteiger partial charge in [-0.05, 0) is 19.4 Å². The maximum Gasteiger partial charge on any atom is 0.277 e. The van der Waals surface area contributed by atoms with Crippen LogP contribution in [0.3, 0.4) is 0 Å². The molecule has 1 rings (SSSR count). The molecule has 0 heterocycles. The molecule has 18 heavy (non-hydrogen) atoms. The Hall–Kier alpha value is -1.42. The molecule has 0 N–H and O–H groups in total. The Morgan fingerprint density at radius 1 is 1.44 bits per heavy atom. The third-order valence-electron chi connectivity index (χ3n) is 2.83. The topological polar surface area (TPSA) is 60.2 Å². The lowest BCUT2D eigenvalue weighted by molar-refractivity contribution is -0.386. The highest BCUT2D eigenvalue weighted by molar-refractivity contribution is 6.31. The Morgan fingerprint density at radius 2 is 2.11 bits per heavy atom. The molecule has 0 fully saturated rings. The molecule has 1 aromatic rings. The predicted octanol–water partition coefficient (Wildman–Crippen LogP) is 3.86. The fourth-order valence-corrected chi connectivity index (χ4v) is 1.96. The van der Waals surface area contributed by atoms with Crippen LogP contribution >= 0.6 is 11.6 Å². The number of rotatable bonds is 6. The van der Waals surface area contributed by atoms with Crippen LogP contribution in [0.1, 0.15) is 37.3 Å². The van der Waals surface area contributed by atoms with Crippen molar-refractivity contribution < 1.29 is 9.72 Å². The zero-order valence-electron chi connectivity index (χ0n) is 10.5. The van der Waals surface area contributed by atoms with Crippen molar-refractivity contribution >= 4 is 23.1 Å². The summed E-state index contributed by atoms with van der Waals surface area (Å²) in [5.74, 6) is 0.0293. The predicted molar refractivity (Wildman–Crippen MR) is 71.1 cm³/mol. The summed E-state index contributed by atoms with van der Waals surface area (Å²) in [6.45, 7) is 3.60. The highest BCUT2D eigenvalue weighted by atomic mass is 35.5. The van der Waals surface area contributed by atoms with Crippen molar-refractivity contribution in [1.29, 1.82) is 0 Å². The Balaban J connectivity index is 2.99. The van der Waals surface area contributed by atoms with Crippen LogP contribution in [0.2, 0.25) is 5.02 Å². The SMILES string of the molecule is CCCCC(=O)Cc1ccc(Cl)c(C)c1[N+](=O)[O-]. The van der Waals surface area contributed by atoms with Gasteiger partial charge in [-0.1, -0.05) is 31.0 Å². The first-order chi connectivity index (χ1) is 8.47. The Morgan fingerprint density at radius 3 is 2.67 bits per heavy atom. The summed E-state index contributed by atoms with van der Waals surface area (Å²) in [4.78, 5) is 22.2. The van der Waals surface area contributed by atoms with Gasteiger partial charge in [0.05, 0.1) is 9.95 Å². The molecular weight excluding hydrogens is 254 g/mol. The molecule has 0 radical (unpaired) electrons. The van der Waals surface area contributed by atoms with E-state index in [1.165, 1.54) is 0 Å². The number of nitro benzene ring substituents is 1. The van der Waals surface area contributed by atoms with Crippen molar-refractivity contribution in [2.24, 2.45) is 0 Å². The van der Waals surface area contributed by atoms with Gasteiger partial charge < -0.3 is 0 Å². The van der Waals surface area contributed by atoms with Gasteiger partial charge in [-0.15, -0.1) is 0 Å². The summed E-state index contributed by atoms with van der Waals surface area (Å²) in [6.07, 6.45) is 2.33. The van der Waals surface area contributed by atoms with Gasteiger partial charge in [-0.2, -0.15) is 0 Å². The molecule has 4 nitrogen and oxygen atoms in total. The van der Waals surface area contributed by atoms with Crippen LogP contribution in [0.25, 0.3) is 0 Å². The van der Waals surface area contributed by atoms with Crippen LogP contribution in [0.4, 0.5) is 5.69 Å². The summed E-state index contributed by atoms with van der Waals surface area (Å²) in [6, 6.07) is 3.17. The highest BCUT2D eigenvalue weighted by Crippen LogP contribution is 2.30. The largest absolute Gasteiger partial charge is 0.299 e. The van der Waals surface area contributed by atoms with Crippen molar-refractivity contribution in [3.8, 4) is 0 Å². The van der Waals surface area contributed by atoms with E-state index in [0.29, 0.717) is 22.6 Å². The standard InChI is InChI=1S/C13H16ClNO3/c1-3-4-5-11(16)8-10-6-7-12(14)9(2)13(10)15(17)18/h6-7H,3-5,8H2,1-2H3. The molecule has 0 aliphatic carbocycles. The van der Waals surface area contributed by atoms with Gasteiger partial charge in [0.1, 0.15) is 5.78 Å². The van der Waals surface area contributed by atoms with Crippen molar-refractivity contribution in [3.05, 3.63) is 38.4 Å². The van der Waals surface area contributed by atoms with E-state index >= 15 is 0 Å². The summed E-state index contributed by atoms with van der Waals surface area (Å²) >= 11 is 5.86. The first-order valence-corrected chi connectivity index (χ1v) is 6.29. The maximum absolute atomic E-state index is 11.7. The third-order valence-corrected chi connectivity index (χ3v) is 3.24. The molecule has 0 atom stereocenters. The fraction of sp³-hybridized carbons (Fsp3) is 0.462. The molecule has 5 heteroatoms. The van der Waals surface area contributed by atoms with Gasteiger partial charge in [0.2, 0.25) is 0 Å². The van der Waals surface area contributed by atoms with Crippen molar-refractivity contribution in [2.45, 2.75) is 39.5 Å². The summed E-state index contributed by atoms with van der Waals surface area (Å²) in [5.41, 5.74) is 0.831. The lowest BCUT2D eigenvalue weighted by Crippen LogP contribution is -2.06. The van der Waals surface area contributed by atoms with Crippen molar-refractivity contribution in [2.75, 3.05) is 0 Å². The van der Waals surface area contributed by atoms with E-state index in [2.05, 4.69) is 0 Å². The quantitative estimate of drug-likeness (QED) is 0.582. The van der Waals surface area contributed by atoms with Crippen LogP contribution in [0, 0.1) is 17.0 Å². The lowest BCUT2D eigenvalue weighted by atomic mass is 10.0. The van der Waals surface area contributed by atoms with Gasteiger partial charge in [0, 0.05) is 24.0 Å². The second-order valence-electron chi connectivity index (χ2n) is 4.26. The number of carbonyl (C=O) groups excluding carboxylic acids is 1. The number of Topliss-reactive ketones (excluding diaryl/α,β-unsaturated/α-hetero) is 1. The lowest BCUT2D eigenvalue weighted by Gasteiger charge is -2.06. The summed E-state index contributed by atoms with van der Waals surface area (Å²) in [7, 11) is 0. The van der Waals surface area contributed by atoms with Crippen LogP contribution < -0.4 is 0 Å². The molecule has 0 aromatic heterocycles. The Bertz CT molecular complexity index is 472. The minimum absolute atomic E-state index is 0.0293. The number of hydrogen-bond donors (Lipinski definition) is 0. The average molecular weight is 270 g/mol. The van der Waals surface area contributed by atoms with E-state index < -0.39 is 4.92 Å². The first kappa shape index (κ1) is 14.6. The third kappa shape index (κ3) is 3.53. The van der Waals surface area contributed by atoms with Gasteiger partial charge in [-0.25, -0.2) is 0 Å². The van der Waals surface area contributed by atoms with Gasteiger partial charge in [-0.3, -0.25) is 14.9 Å². The summed E-state index contributed by atoms with van der Waals surface area (Å²) in [5, 5.41) is 11.4. The molecule has 1 aromatic carbocycles. The minimum atomic E-state index is -0.469. The van der Waals surface area contributed by atoms with Crippen molar-refractivity contribution in [3.63, 3.8) is 0 Å². The number of benzene rings is 1. The highest BCUT2D eigenvalue weighted by Gasteiger charge is 2.21. The van der Waals surface area contributed by atoms with E-state index in [-0.39, 0.29) is 17.9 Å². The van der Waals surface area contributed by atoms with E-state index in [1.54, 1.807) is 19.1 Å².